The molecule has 0 aliphatic carbocycles. The fraction of sp³-hybridized carbons (Fsp3) is 0.375. The number of aromatic amines is 1. The van der Waals surface area contributed by atoms with Gasteiger partial charge in [0.1, 0.15) is 24.2 Å². The molecule has 0 amide bonds. The van der Waals surface area contributed by atoms with Gasteiger partial charge < -0.3 is 14.4 Å². The minimum atomic E-state index is -3.93. The highest BCUT2D eigenvalue weighted by molar-refractivity contribution is 14.1. The maximum Gasteiger partial charge on any atom is 0.530 e. The topological polar surface area (TPSA) is 129 Å². The summed E-state index contributed by atoms with van der Waals surface area (Å²) in [5, 5.41) is 9.62. The van der Waals surface area contributed by atoms with E-state index in [-0.39, 0.29) is 13.0 Å². The number of hydrogen-bond donors (Lipinski definition) is 2. The van der Waals surface area contributed by atoms with E-state index >= 15 is 0 Å². The summed E-state index contributed by atoms with van der Waals surface area (Å²) >= 11 is 1.80. The molecule has 10 nitrogen and oxygen atoms in total. The van der Waals surface area contributed by atoms with E-state index in [4.69, 9.17) is 18.3 Å². The SMILES string of the molecule is O=c1[nH]c(=O)n([C@H]2C[C@H](OP3(=O)OCc4ccccc4O3)[C@@H](CO)O2)cc1[125I]. The van der Waals surface area contributed by atoms with Crippen LogP contribution in [-0.4, -0.2) is 33.5 Å². The molecule has 0 spiro atoms. The van der Waals surface area contributed by atoms with Crippen LogP contribution >= 0.6 is 30.4 Å². The molecular formula is C16H16IN2O8P. The second-order valence-corrected chi connectivity index (χ2v) is 8.96. The third-order valence-electron chi connectivity index (χ3n) is 4.42. The van der Waals surface area contributed by atoms with Crippen LogP contribution in [0.2, 0.25) is 0 Å². The summed E-state index contributed by atoms with van der Waals surface area (Å²) in [7, 11) is -3.93. The largest absolute Gasteiger partial charge is 0.530 e. The number of fused-ring (bicyclic) bond motifs is 1. The Morgan fingerprint density at radius 3 is 2.93 bits per heavy atom. The highest BCUT2D eigenvalue weighted by Gasteiger charge is 2.45. The van der Waals surface area contributed by atoms with Gasteiger partial charge in [-0.25, -0.2) is 9.36 Å². The summed E-state index contributed by atoms with van der Waals surface area (Å²) in [6.45, 7) is -0.362. The molecule has 1 unspecified atom stereocenters. The van der Waals surface area contributed by atoms with Gasteiger partial charge >= 0.3 is 13.5 Å². The normalized spacial score (nSPS) is 29.3. The van der Waals surface area contributed by atoms with Crippen molar-refractivity contribution in [1.29, 1.82) is 0 Å². The van der Waals surface area contributed by atoms with E-state index in [0.717, 1.165) is 5.56 Å². The van der Waals surface area contributed by atoms with Crippen molar-refractivity contribution in [3.05, 3.63) is 60.4 Å². The average molecular weight is 520 g/mol. The van der Waals surface area contributed by atoms with Crippen molar-refractivity contribution in [3.8, 4) is 5.75 Å². The maximum atomic E-state index is 12.9. The Morgan fingerprint density at radius 1 is 1.36 bits per heavy atom. The van der Waals surface area contributed by atoms with Crippen molar-refractivity contribution in [2.24, 2.45) is 0 Å². The molecule has 1 aromatic carbocycles. The van der Waals surface area contributed by atoms with Gasteiger partial charge in [0.15, 0.2) is 0 Å². The summed E-state index contributed by atoms with van der Waals surface area (Å²) in [5.74, 6) is 0.402. The van der Waals surface area contributed by atoms with E-state index in [1.54, 1.807) is 40.8 Å². The Balaban J connectivity index is 1.54. The molecule has 3 heterocycles. The molecule has 2 aliphatic rings. The Kier molecular flexibility index (Phi) is 5.47. The van der Waals surface area contributed by atoms with E-state index in [1.165, 1.54) is 10.8 Å². The lowest BCUT2D eigenvalue weighted by molar-refractivity contribution is -0.0467. The van der Waals surface area contributed by atoms with Gasteiger partial charge in [-0.05, 0) is 28.7 Å². The molecule has 2 aliphatic heterocycles. The smallest absolute Gasteiger partial charge is 0.404 e. The number of rotatable bonds is 4. The highest BCUT2D eigenvalue weighted by Crippen LogP contribution is 2.56. The fourth-order valence-corrected chi connectivity index (χ4v) is 4.91. The standard InChI is InChI=1S/C16H16IN2O8P/c17-10-6-19(16(22)18-15(10)21)14-5-12(13(7-20)25-14)27-28(23)24-8-9-3-1-2-4-11(9)26-28/h1-4,6,12-14,20H,5,7-8H2,(H,18,21,22)/t12-,13+,14+,28?/m0/s1/i17-2. The zero-order valence-electron chi connectivity index (χ0n) is 14.3. The number of nitrogens with one attached hydrogen (secondary N) is 1. The Bertz CT molecular complexity index is 1050. The van der Waals surface area contributed by atoms with Gasteiger partial charge in [0.05, 0.1) is 16.8 Å². The van der Waals surface area contributed by atoms with E-state index in [2.05, 4.69) is 4.98 Å². The number of ether oxygens (including phenoxy) is 1. The molecule has 0 bridgehead atoms. The predicted octanol–water partition coefficient (Wildman–Crippen LogP) is 1.52. The maximum absolute atomic E-state index is 12.9. The van der Waals surface area contributed by atoms with Gasteiger partial charge in [-0.15, -0.1) is 0 Å². The third kappa shape index (κ3) is 3.82. The van der Waals surface area contributed by atoms with Gasteiger partial charge in [0.25, 0.3) is 5.56 Å². The molecule has 28 heavy (non-hydrogen) atoms. The first-order valence-electron chi connectivity index (χ1n) is 8.36. The van der Waals surface area contributed by atoms with Crippen molar-refractivity contribution >= 4 is 30.4 Å². The number of aliphatic hydroxyl groups excluding tert-OH is 1. The molecule has 2 N–H and O–H groups in total. The number of aromatic nitrogens is 2. The number of phosphoric acid groups is 1. The molecule has 1 aromatic heterocycles. The van der Waals surface area contributed by atoms with Crippen LogP contribution in [0, 0.1) is 3.57 Å². The monoisotopic (exact) mass is 520 g/mol. The summed E-state index contributed by atoms with van der Waals surface area (Å²) in [4.78, 5) is 25.8. The zero-order valence-corrected chi connectivity index (χ0v) is 17.4. The van der Waals surface area contributed by atoms with Crippen LogP contribution in [0.25, 0.3) is 0 Å². The lowest BCUT2D eigenvalue weighted by Gasteiger charge is -2.27. The molecule has 1 fully saturated rings. The number of halogens is 1. The first-order chi connectivity index (χ1) is 13.4. The number of H-pyrrole nitrogens is 1. The molecule has 2 aromatic rings. The van der Waals surface area contributed by atoms with Crippen LogP contribution in [0.1, 0.15) is 18.2 Å². The number of benzene rings is 1. The van der Waals surface area contributed by atoms with E-state index < -0.39 is 44.1 Å². The van der Waals surface area contributed by atoms with Gasteiger partial charge in [-0.3, -0.25) is 23.4 Å². The summed E-state index contributed by atoms with van der Waals surface area (Å²) < 4.78 is 36.4. The number of para-hydroxylation sites is 1. The Morgan fingerprint density at radius 2 is 2.14 bits per heavy atom. The lowest BCUT2D eigenvalue weighted by atomic mass is 10.2. The van der Waals surface area contributed by atoms with Crippen LogP contribution in [0.4, 0.5) is 0 Å². The summed E-state index contributed by atoms with van der Waals surface area (Å²) in [6, 6.07) is 6.99. The molecule has 4 rings (SSSR count). The molecule has 0 saturated carbocycles. The number of phosphoric ester groups is 1. The van der Waals surface area contributed by atoms with Crippen molar-refractivity contribution < 1.29 is 28.0 Å². The Hall–Kier alpha value is -1.50. The van der Waals surface area contributed by atoms with Crippen molar-refractivity contribution in [3.63, 3.8) is 0 Å². The van der Waals surface area contributed by atoms with Gasteiger partial charge in [0.2, 0.25) is 0 Å². The second kappa shape index (κ2) is 7.73. The summed E-state index contributed by atoms with van der Waals surface area (Å²) in [5.41, 5.74) is -0.414. The molecule has 12 heteroatoms. The minimum absolute atomic E-state index is 0.0613. The number of aliphatic hydroxyl groups is 1. The van der Waals surface area contributed by atoms with E-state index in [1.807, 2.05) is 6.07 Å². The van der Waals surface area contributed by atoms with Crippen LogP contribution < -0.4 is 15.8 Å². The lowest BCUT2D eigenvalue weighted by Crippen LogP contribution is -2.33. The first-order valence-corrected chi connectivity index (χ1v) is 10.9. The highest BCUT2D eigenvalue weighted by atomic mass is 125. The number of hydrogen-bond acceptors (Lipinski definition) is 8. The molecule has 150 valence electrons. The fourth-order valence-electron chi connectivity index (χ4n) is 3.05. The van der Waals surface area contributed by atoms with Crippen LogP contribution in [-0.2, 0) is 25.0 Å². The van der Waals surface area contributed by atoms with Crippen LogP contribution in [0.3, 0.4) is 0 Å². The zero-order chi connectivity index (χ0) is 19.9. The quantitative estimate of drug-likeness (QED) is 0.459. The predicted molar refractivity (Wildman–Crippen MR) is 104 cm³/mol. The summed E-state index contributed by atoms with van der Waals surface area (Å²) in [6.07, 6.45) is -1.05. The van der Waals surface area contributed by atoms with Crippen molar-refractivity contribution in [2.75, 3.05) is 6.61 Å². The van der Waals surface area contributed by atoms with Crippen LogP contribution in [0.15, 0.2) is 40.1 Å². The molecule has 1 saturated heterocycles. The Labute approximate surface area is 172 Å². The van der Waals surface area contributed by atoms with Crippen molar-refractivity contribution in [1.82, 2.24) is 9.55 Å². The minimum Gasteiger partial charge on any atom is -0.404 e. The van der Waals surface area contributed by atoms with E-state index in [9.17, 15) is 19.3 Å². The van der Waals surface area contributed by atoms with E-state index in [0.29, 0.717) is 9.32 Å². The van der Waals surface area contributed by atoms with Gasteiger partial charge in [0, 0.05) is 18.2 Å². The third-order valence-corrected chi connectivity index (χ3v) is 6.58. The molecule has 0 radical (unpaired) electrons. The van der Waals surface area contributed by atoms with Crippen LogP contribution in [0.5, 0.6) is 5.75 Å². The molecule has 4 atom stereocenters. The molecular weight excluding hydrogens is 504 g/mol. The van der Waals surface area contributed by atoms with Gasteiger partial charge in [-0.2, -0.15) is 0 Å². The number of nitrogens with zero attached hydrogens (tertiary/aromatic N) is 1. The van der Waals surface area contributed by atoms with Crippen molar-refractivity contribution in [2.45, 2.75) is 31.5 Å². The first kappa shape index (κ1) is 19.8. The van der Waals surface area contributed by atoms with Gasteiger partial charge in [-0.1, -0.05) is 18.2 Å². The average Bonchev–Trinajstić information content (AvgIpc) is 3.06. The second-order valence-electron chi connectivity index (χ2n) is 6.25.